The van der Waals surface area contributed by atoms with Gasteiger partial charge in [0.05, 0.1) is 12.2 Å². The summed E-state index contributed by atoms with van der Waals surface area (Å²) in [5.41, 5.74) is 0. The molecule has 98 valence electrons. The van der Waals surface area contributed by atoms with Crippen molar-refractivity contribution in [2.24, 2.45) is 0 Å². The third-order valence-corrected chi connectivity index (χ3v) is 2.59. The van der Waals surface area contributed by atoms with E-state index >= 15 is 0 Å². The molecule has 0 aliphatic heterocycles. The molecule has 2 atom stereocenters. The van der Waals surface area contributed by atoms with Gasteiger partial charge < -0.3 is 19.5 Å². The molecular weight excluding hydrogens is 234 g/mol. The fourth-order valence-corrected chi connectivity index (χ4v) is 1.41. The summed E-state index contributed by atoms with van der Waals surface area (Å²) < 4.78 is 10.9. The highest BCUT2D eigenvalue weighted by Crippen LogP contribution is 2.19. The summed E-state index contributed by atoms with van der Waals surface area (Å²) in [4.78, 5) is 4.14. The fourth-order valence-electron chi connectivity index (χ4n) is 1.41. The van der Waals surface area contributed by atoms with Crippen molar-refractivity contribution in [2.75, 3.05) is 12.4 Å². The molecule has 0 saturated carbocycles. The van der Waals surface area contributed by atoms with E-state index in [1.807, 2.05) is 27.8 Å². The Morgan fingerprint density at radius 1 is 1.11 bits per heavy atom. The van der Waals surface area contributed by atoms with E-state index in [9.17, 15) is 0 Å². The van der Waals surface area contributed by atoms with Gasteiger partial charge in [0, 0.05) is 0 Å². The number of aromatic nitrogens is 3. The van der Waals surface area contributed by atoms with E-state index in [-0.39, 0.29) is 12.1 Å². The summed E-state index contributed by atoms with van der Waals surface area (Å²) in [6, 6.07) is 0.250. The minimum atomic E-state index is -0.128. The van der Waals surface area contributed by atoms with Crippen LogP contribution >= 0.6 is 0 Å². The van der Waals surface area contributed by atoms with Gasteiger partial charge in [-0.05, 0) is 27.8 Å². The first kappa shape index (κ1) is 12.6. The summed E-state index contributed by atoms with van der Waals surface area (Å²) in [5.74, 6) is 1.90. The van der Waals surface area contributed by atoms with Crippen LogP contribution in [0.25, 0.3) is 0 Å². The smallest absolute Gasteiger partial charge is 0.316 e. The Morgan fingerprint density at radius 3 is 2.50 bits per heavy atom. The molecule has 0 radical (unpaired) electrons. The van der Waals surface area contributed by atoms with E-state index < -0.39 is 0 Å². The molecule has 0 fully saturated rings. The second-order valence-electron chi connectivity index (χ2n) is 4.13. The molecule has 0 spiro atoms. The van der Waals surface area contributed by atoms with Crippen molar-refractivity contribution in [2.45, 2.75) is 32.9 Å². The Bertz CT molecular complexity index is 507. The van der Waals surface area contributed by atoms with Crippen LogP contribution < -0.4 is 10.6 Å². The average Bonchev–Trinajstić information content (AvgIpc) is 2.97. The third-order valence-electron chi connectivity index (χ3n) is 2.59. The first-order chi connectivity index (χ1) is 8.60. The molecular formula is C11H17N5O2. The lowest BCUT2D eigenvalue weighted by Crippen LogP contribution is -2.12. The van der Waals surface area contributed by atoms with E-state index in [0.29, 0.717) is 17.8 Å². The molecule has 0 aliphatic carbocycles. The summed E-state index contributed by atoms with van der Waals surface area (Å²) in [5, 5.41) is 13.9. The normalized spacial score (nSPS) is 14.4. The Kier molecular flexibility index (Phi) is 3.61. The van der Waals surface area contributed by atoms with Crippen LogP contribution in [0.3, 0.4) is 0 Å². The van der Waals surface area contributed by atoms with Crippen LogP contribution in [0.2, 0.25) is 0 Å². The lowest BCUT2D eigenvalue weighted by Gasteiger charge is -2.07. The molecule has 0 saturated heterocycles. The van der Waals surface area contributed by atoms with Gasteiger partial charge >= 0.3 is 6.01 Å². The average molecular weight is 251 g/mol. The highest BCUT2D eigenvalue weighted by molar-refractivity contribution is 5.21. The molecule has 7 nitrogen and oxygen atoms in total. The van der Waals surface area contributed by atoms with Crippen LogP contribution in [-0.4, -0.2) is 22.2 Å². The van der Waals surface area contributed by atoms with Crippen LogP contribution in [-0.2, 0) is 0 Å². The minimum Gasteiger partial charge on any atom is -0.444 e. The summed E-state index contributed by atoms with van der Waals surface area (Å²) >= 11 is 0. The minimum absolute atomic E-state index is 0.0207. The predicted molar refractivity (Wildman–Crippen MR) is 65.1 cm³/mol. The maximum atomic E-state index is 5.47. The maximum absolute atomic E-state index is 5.47. The zero-order chi connectivity index (χ0) is 13.1. The Hall–Kier alpha value is -1.89. The van der Waals surface area contributed by atoms with Crippen LogP contribution in [0.15, 0.2) is 15.0 Å². The van der Waals surface area contributed by atoms with Gasteiger partial charge in [-0.15, -0.1) is 5.10 Å². The van der Waals surface area contributed by atoms with Crippen molar-refractivity contribution in [1.82, 2.24) is 20.5 Å². The molecule has 2 aromatic heterocycles. The summed E-state index contributed by atoms with van der Waals surface area (Å²) in [6.45, 7) is 5.71. The fraction of sp³-hybridized carbons (Fsp3) is 0.545. The predicted octanol–water partition coefficient (Wildman–Crippen LogP) is 1.82. The van der Waals surface area contributed by atoms with Crippen LogP contribution in [0, 0.1) is 6.92 Å². The van der Waals surface area contributed by atoms with Crippen LogP contribution in [0.1, 0.15) is 43.5 Å². The van der Waals surface area contributed by atoms with Crippen molar-refractivity contribution >= 4 is 6.01 Å². The number of nitrogens with one attached hydrogen (secondary N) is 2. The molecule has 0 aromatic carbocycles. The van der Waals surface area contributed by atoms with Crippen LogP contribution in [0.4, 0.5) is 6.01 Å². The second kappa shape index (κ2) is 5.18. The molecule has 0 amide bonds. The summed E-state index contributed by atoms with van der Waals surface area (Å²) in [7, 11) is 1.83. The SMILES string of the molecule is CNC(C)c1nnc(NC(C)c2ncc(C)o2)o1. The number of anilines is 1. The molecule has 2 heterocycles. The Labute approximate surface area is 105 Å². The van der Waals surface area contributed by atoms with E-state index in [1.54, 1.807) is 6.20 Å². The molecule has 2 rings (SSSR count). The van der Waals surface area contributed by atoms with Crippen molar-refractivity contribution in [3.05, 3.63) is 23.7 Å². The highest BCUT2D eigenvalue weighted by atomic mass is 16.4. The van der Waals surface area contributed by atoms with Crippen molar-refractivity contribution in [3.8, 4) is 0 Å². The van der Waals surface area contributed by atoms with Gasteiger partial charge in [-0.3, -0.25) is 0 Å². The molecule has 7 heteroatoms. The summed E-state index contributed by atoms with van der Waals surface area (Å²) in [6.07, 6.45) is 1.68. The monoisotopic (exact) mass is 251 g/mol. The lowest BCUT2D eigenvalue weighted by atomic mass is 10.3. The van der Waals surface area contributed by atoms with Gasteiger partial charge in [0.25, 0.3) is 0 Å². The topological polar surface area (TPSA) is 89.0 Å². The van der Waals surface area contributed by atoms with E-state index in [2.05, 4.69) is 25.8 Å². The first-order valence-corrected chi connectivity index (χ1v) is 5.79. The number of rotatable bonds is 5. The van der Waals surface area contributed by atoms with Gasteiger partial charge in [-0.2, -0.15) is 0 Å². The van der Waals surface area contributed by atoms with Gasteiger partial charge in [0.15, 0.2) is 0 Å². The van der Waals surface area contributed by atoms with Gasteiger partial charge in [0.2, 0.25) is 11.8 Å². The Balaban J connectivity index is 2.03. The van der Waals surface area contributed by atoms with Crippen LogP contribution in [0.5, 0.6) is 0 Å². The van der Waals surface area contributed by atoms with Crippen molar-refractivity contribution < 1.29 is 8.83 Å². The van der Waals surface area contributed by atoms with E-state index in [0.717, 1.165) is 5.76 Å². The molecule has 18 heavy (non-hydrogen) atoms. The Morgan fingerprint density at radius 2 is 1.89 bits per heavy atom. The molecule has 2 aromatic rings. The third kappa shape index (κ3) is 2.67. The lowest BCUT2D eigenvalue weighted by molar-refractivity contribution is 0.426. The zero-order valence-electron chi connectivity index (χ0n) is 10.9. The maximum Gasteiger partial charge on any atom is 0.316 e. The van der Waals surface area contributed by atoms with Crippen molar-refractivity contribution in [1.29, 1.82) is 0 Å². The quantitative estimate of drug-likeness (QED) is 0.837. The van der Waals surface area contributed by atoms with Gasteiger partial charge in [0.1, 0.15) is 11.8 Å². The number of aryl methyl sites for hydroxylation is 1. The van der Waals surface area contributed by atoms with Crippen molar-refractivity contribution in [3.63, 3.8) is 0 Å². The number of nitrogens with zero attached hydrogens (tertiary/aromatic N) is 3. The van der Waals surface area contributed by atoms with E-state index in [4.69, 9.17) is 8.83 Å². The number of hydrogen-bond acceptors (Lipinski definition) is 7. The molecule has 2 unspecified atom stereocenters. The van der Waals surface area contributed by atoms with E-state index in [1.165, 1.54) is 0 Å². The number of oxazole rings is 1. The molecule has 0 aliphatic rings. The van der Waals surface area contributed by atoms with Gasteiger partial charge in [-0.25, -0.2) is 4.98 Å². The molecule has 2 N–H and O–H groups in total. The highest BCUT2D eigenvalue weighted by Gasteiger charge is 2.16. The largest absolute Gasteiger partial charge is 0.444 e. The number of hydrogen-bond donors (Lipinski definition) is 2. The molecule has 0 bridgehead atoms. The zero-order valence-corrected chi connectivity index (χ0v) is 10.9. The first-order valence-electron chi connectivity index (χ1n) is 5.79. The second-order valence-corrected chi connectivity index (χ2v) is 4.13. The standard InChI is InChI=1S/C11H17N5O2/c1-6-5-13-9(17-6)8(3)14-11-16-15-10(18-11)7(2)12-4/h5,7-8,12H,1-4H3,(H,14,16). The van der Waals surface area contributed by atoms with Gasteiger partial charge in [-0.1, -0.05) is 5.10 Å².